The minimum absolute atomic E-state index is 0.199. The molecule has 2 heterocycles. The molecular weight excluding hydrogens is 572 g/mol. The van der Waals surface area contributed by atoms with Gasteiger partial charge in [-0.1, -0.05) is 152 Å². The van der Waals surface area contributed by atoms with Crippen LogP contribution < -0.4 is 5.32 Å². The van der Waals surface area contributed by atoms with E-state index in [-0.39, 0.29) is 6.17 Å². The third-order valence-corrected chi connectivity index (χ3v) is 9.13. The van der Waals surface area contributed by atoms with E-state index >= 15 is 0 Å². The first-order valence-corrected chi connectivity index (χ1v) is 16.0. The summed E-state index contributed by atoms with van der Waals surface area (Å²) in [6.45, 7) is 0. The summed E-state index contributed by atoms with van der Waals surface area (Å²) in [5, 5.41) is 8.48. The van der Waals surface area contributed by atoms with E-state index in [0.29, 0.717) is 0 Å². The van der Waals surface area contributed by atoms with Crippen LogP contribution in [0.25, 0.3) is 60.7 Å². The molecule has 9 rings (SSSR count). The predicted octanol–water partition coefficient (Wildman–Crippen LogP) is 11.2. The molecule has 0 radical (unpaired) electrons. The van der Waals surface area contributed by atoms with Crippen LogP contribution in [0, 0.1) is 0 Å². The molecule has 0 bridgehead atoms. The van der Waals surface area contributed by atoms with Crippen molar-refractivity contribution >= 4 is 44.1 Å². The fraction of sp³-hybridized carbons (Fsp3) is 0.0227. The van der Waals surface area contributed by atoms with Gasteiger partial charge in [-0.3, -0.25) is 4.99 Å². The molecule has 0 aliphatic carbocycles. The van der Waals surface area contributed by atoms with Gasteiger partial charge >= 0.3 is 0 Å². The lowest BCUT2D eigenvalue weighted by Crippen LogP contribution is -2.24. The van der Waals surface area contributed by atoms with Crippen LogP contribution in [0.4, 0.5) is 0 Å². The Morgan fingerprint density at radius 3 is 2.00 bits per heavy atom. The van der Waals surface area contributed by atoms with E-state index in [1.54, 1.807) is 0 Å². The summed E-state index contributed by atoms with van der Waals surface area (Å²) >= 11 is 0. The van der Waals surface area contributed by atoms with E-state index in [0.717, 1.165) is 61.2 Å². The van der Waals surface area contributed by atoms with Gasteiger partial charge < -0.3 is 9.73 Å². The quantitative estimate of drug-likeness (QED) is 0.213. The highest BCUT2D eigenvalue weighted by Gasteiger charge is 2.20. The van der Waals surface area contributed by atoms with Gasteiger partial charge in [-0.25, -0.2) is 0 Å². The second kappa shape index (κ2) is 11.3. The van der Waals surface area contributed by atoms with Crippen molar-refractivity contribution in [3.63, 3.8) is 0 Å². The summed E-state index contributed by atoms with van der Waals surface area (Å²) in [5.41, 5.74) is 11.7. The molecule has 7 aromatic carbocycles. The summed E-state index contributed by atoms with van der Waals surface area (Å²) in [5.74, 6) is 0. The van der Waals surface area contributed by atoms with Crippen LogP contribution >= 0.6 is 0 Å². The molecular formula is C44H30N2O. The van der Waals surface area contributed by atoms with Crippen LogP contribution in [0.3, 0.4) is 0 Å². The van der Waals surface area contributed by atoms with Crippen molar-refractivity contribution in [3.8, 4) is 22.3 Å². The average Bonchev–Trinajstić information content (AvgIpc) is 3.54. The molecule has 222 valence electrons. The first-order chi connectivity index (χ1) is 23.3. The highest BCUT2D eigenvalue weighted by Crippen LogP contribution is 2.36. The van der Waals surface area contributed by atoms with Crippen LogP contribution in [-0.2, 0) is 0 Å². The molecule has 1 N–H and O–H groups in total. The van der Waals surface area contributed by atoms with Gasteiger partial charge in [-0.2, -0.15) is 0 Å². The molecule has 3 nitrogen and oxygen atoms in total. The summed E-state index contributed by atoms with van der Waals surface area (Å²) < 4.78 is 6.33. The number of nitrogens with zero attached hydrogens (tertiary/aromatic N) is 1. The molecule has 0 fully saturated rings. The Labute approximate surface area is 273 Å². The number of rotatable bonds is 5. The zero-order valence-electron chi connectivity index (χ0n) is 25.6. The SMILES string of the molecule is C1=C(c2ccc(-c3cccc4c3oc3ccccc34)cc2)NC(c2ccccc2)N=C1c1ccc(-c2ccc3ccccc3c2)cc1. The maximum atomic E-state index is 6.33. The average molecular weight is 603 g/mol. The van der Waals surface area contributed by atoms with Crippen LogP contribution in [-0.4, -0.2) is 5.71 Å². The molecule has 0 spiro atoms. The normalized spacial score (nSPS) is 14.6. The number of benzene rings is 7. The van der Waals surface area contributed by atoms with Gasteiger partial charge in [0, 0.05) is 22.0 Å². The van der Waals surface area contributed by atoms with Crippen molar-refractivity contribution in [1.82, 2.24) is 5.32 Å². The van der Waals surface area contributed by atoms with Crippen molar-refractivity contribution in [2.75, 3.05) is 0 Å². The van der Waals surface area contributed by atoms with Crippen LogP contribution in [0.2, 0.25) is 0 Å². The third kappa shape index (κ3) is 4.99. The van der Waals surface area contributed by atoms with Crippen molar-refractivity contribution < 1.29 is 4.42 Å². The number of furan rings is 1. The topological polar surface area (TPSA) is 37.5 Å². The van der Waals surface area contributed by atoms with Crippen LogP contribution in [0.15, 0.2) is 179 Å². The van der Waals surface area contributed by atoms with Gasteiger partial charge in [0.05, 0.1) is 5.71 Å². The Hall–Kier alpha value is -6.19. The first-order valence-electron chi connectivity index (χ1n) is 16.0. The van der Waals surface area contributed by atoms with Crippen molar-refractivity contribution in [2.24, 2.45) is 4.99 Å². The molecule has 8 aromatic rings. The minimum atomic E-state index is -0.199. The lowest BCUT2D eigenvalue weighted by atomic mass is 9.97. The molecule has 47 heavy (non-hydrogen) atoms. The lowest BCUT2D eigenvalue weighted by molar-refractivity contribution is 0.664. The summed E-state index contributed by atoms with van der Waals surface area (Å²) in [7, 11) is 0. The van der Waals surface area contributed by atoms with Gasteiger partial charge in [0.15, 0.2) is 0 Å². The summed E-state index contributed by atoms with van der Waals surface area (Å²) in [4.78, 5) is 5.18. The van der Waals surface area contributed by atoms with E-state index in [4.69, 9.17) is 9.41 Å². The smallest absolute Gasteiger partial charge is 0.145 e. The van der Waals surface area contributed by atoms with E-state index < -0.39 is 0 Å². The number of nitrogens with one attached hydrogen (secondary N) is 1. The maximum absolute atomic E-state index is 6.33. The molecule has 1 unspecified atom stereocenters. The van der Waals surface area contributed by atoms with Crippen molar-refractivity contribution in [2.45, 2.75) is 6.17 Å². The fourth-order valence-electron chi connectivity index (χ4n) is 6.66. The highest BCUT2D eigenvalue weighted by atomic mass is 16.3. The molecule has 1 atom stereocenters. The Balaban J connectivity index is 1.06. The number of fused-ring (bicyclic) bond motifs is 4. The lowest BCUT2D eigenvalue weighted by Gasteiger charge is -2.25. The molecule has 3 heteroatoms. The molecule has 1 aliphatic heterocycles. The zero-order valence-corrected chi connectivity index (χ0v) is 25.6. The Kier molecular flexibility index (Phi) is 6.53. The van der Waals surface area contributed by atoms with E-state index in [1.807, 2.05) is 18.2 Å². The van der Waals surface area contributed by atoms with Crippen LogP contribution in [0.1, 0.15) is 22.9 Å². The van der Waals surface area contributed by atoms with E-state index in [9.17, 15) is 0 Å². The molecule has 1 aliphatic rings. The second-order valence-electron chi connectivity index (χ2n) is 12.0. The molecule has 0 saturated heterocycles. The van der Waals surface area contributed by atoms with Crippen LogP contribution in [0.5, 0.6) is 0 Å². The number of aliphatic imine (C=N–C) groups is 1. The van der Waals surface area contributed by atoms with Gasteiger partial charge in [-0.15, -0.1) is 0 Å². The minimum Gasteiger partial charge on any atom is -0.455 e. The standard InChI is InChI=1S/C44H30N2O/c1-2-10-34(11-3-1)44-45-40(32-22-17-30(18-23-32)36-26-19-29-9-4-5-12-35(29)27-36)28-41(46-44)33-24-20-31(21-25-33)37-14-8-15-39-38-13-6-7-16-42(38)47-43(37)39/h1-28,44,46H. The molecule has 1 aromatic heterocycles. The summed E-state index contributed by atoms with van der Waals surface area (Å²) in [6, 6.07) is 57.7. The Morgan fingerprint density at radius 1 is 0.489 bits per heavy atom. The fourth-order valence-corrected chi connectivity index (χ4v) is 6.66. The number of hydrogen-bond donors (Lipinski definition) is 1. The monoisotopic (exact) mass is 602 g/mol. The molecule has 0 amide bonds. The predicted molar refractivity (Wildman–Crippen MR) is 195 cm³/mol. The number of hydrogen-bond acceptors (Lipinski definition) is 3. The first kappa shape index (κ1) is 27.1. The largest absolute Gasteiger partial charge is 0.455 e. The van der Waals surface area contributed by atoms with E-state index in [2.05, 4.69) is 157 Å². The van der Waals surface area contributed by atoms with Crippen molar-refractivity contribution in [1.29, 1.82) is 0 Å². The zero-order chi connectivity index (χ0) is 31.2. The van der Waals surface area contributed by atoms with Gasteiger partial charge in [0.1, 0.15) is 17.3 Å². The highest BCUT2D eigenvalue weighted by molar-refractivity contribution is 6.13. The number of allylic oxidation sites excluding steroid dienone is 1. The third-order valence-electron chi connectivity index (χ3n) is 9.13. The number of para-hydroxylation sites is 2. The second-order valence-corrected chi connectivity index (χ2v) is 12.0. The van der Waals surface area contributed by atoms with Gasteiger partial charge in [-0.05, 0) is 62.4 Å². The maximum Gasteiger partial charge on any atom is 0.145 e. The van der Waals surface area contributed by atoms with Crippen molar-refractivity contribution in [3.05, 3.63) is 187 Å². The van der Waals surface area contributed by atoms with E-state index in [1.165, 1.54) is 21.9 Å². The van der Waals surface area contributed by atoms with Gasteiger partial charge in [0.25, 0.3) is 0 Å². The Bertz CT molecular complexity index is 2470. The Morgan fingerprint density at radius 2 is 1.15 bits per heavy atom. The van der Waals surface area contributed by atoms with Gasteiger partial charge in [0.2, 0.25) is 0 Å². The summed E-state index contributed by atoms with van der Waals surface area (Å²) in [6.07, 6.45) is 1.97. The molecule has 0 saturated carbocycles.